The molecule has 0 radical (unpaired) electrons. The van der Waals surface area contributed by atoms with E-state index in [1.165, 1.54) is 0 Å². The van der Waals surface area contributed by atoms with Crippen LogP contribution in [-0.4, -0.2) is 9.97 Å². The van der Waals surface area contributed by atoms with Crippen molar-refractivity contribution in [3.05, 3.63) is 52.1 Å². The summed E-state index contributed by atoms with van der Waals surface area (Å²) in [4.78, 5) is 17.7. The Morgan fingerprint density at radius 2 is 2.11 bits per heavy atom. The average molecular weight is 252 g/mol. The van der Waals surface area contributed by atoms with Crippen LogP contribution in [0.3, 0.4) is 0 Å². The van der Waals surface area contributed by atoms with E-state index in [4.69, 9.17) is 4.74 Å². The molecule has 1 heterocycles. The summed E-state index contributed by atoms with van der Waals surface area (Å²) >= 11 is 0. The molecule has 1 N–H and O–H groups in total. The number of aryl methyl sites for hydroxylation is 1. The highest BCUT2D eigenvalue weighted by atomic mass is 19.1. The summed E-state index contributed by atoms with van der Waals surface area (Å²) in [5.41, 5.74) is -0.409. The third-order valence-electron chi connectivity index (χ3n) is 2.21. The molecule has 4 nitrogen and oxygen atoms in total. The number of ether oxygens (including phenoxy) is 1. The van der Waals surface area contributed by atoms with E-state index in [9.17, 15) is 13.6 Å². The van der Waals surface area contributed by atoms with Crippen LogP contribution in [0.25, 0.3) is 0 Å². The van der Waals surface area contributed by atoms with Gasteiger partial charge in [-0.2, -0.15) is 4.98 Å². The van der Waals surface area contributed by atoms with Gasteiger partial charge in [0.1, 0.15) is 11.6 Å². The fourth-order valence-corrected chi connectivity index (χ4v) is 1.37. The molecular weight excluding hydrogens is 242 g/mol. The van der Waals surface area contributed by atoms with Gasteiger partial charge in [0.25, 0.3) is 5.56 Å². The van der Waals surface area contributed by atoms with Crippen molar-refractivity contribution in [2.45, 2.75) is 13.3 Å². The van der Waals surface area contributed by atoms with Crippen molar-refractivity contribution < 1.29 is 13.5 Å². The first kappa shape index (κ1) is 12.2. The summed E-state index contributed by atoms with van der Waals surface area (Å²) in [6.07, 6.45) is 0.498. The van der Waals surface area contributed by atoms with Gasteiger partial charge in [-0.15, -0.1) is 0 Å². The lowest BCUT2D eigenvalue weighted by molar-refractivity contribution is 0.419. The number of halogens is 2. The van der Waals surface area contributed by atoms with Crippen LogP contribution in [0.2, 0.25) is 0 Å². The SMILES string of the molecule is CCc1nc(Oc2cc(F)ccc2F)cc(=O)[nH]1. The second kappa shape index (κ2) is 4.95. The van der Waals surface area contributed by atoms with Crippen LogP contribution in [0.4, 0.5) is 8.78 Å². The number of rotatable bonds is 3. The van der Waals surface area contributed by atoms with E-state index in [0.717, 1.165) is 24.3 Å². The van der Waals surface area contributed by atoms with Crippen molar-refractivity contribution in [1.29, 1.82) is 0 Å². The highest BCUT2D eigenvalue weighted by Gasteiger charge is 2.08. The molecule has 0 fully saturated rings. The number of hydrogen-bond donors (Lipinski definition) is 1. The van der Waals surface area contributed by atoms with Crippen molar-refractivity contribution in [3.8, 4) is 11.6 Å². The van der Waals surface area contributed by atoms with Crippen LogP contribution in [-0.2, 0) is 6.42 Å². The maximum atomic E-state index is 13.3. The van der Waals surface area contributed by atoms with Gasteiger partial charge in [0, 0.05) is 12.5 Å². The Balaban J connectivity index is 2.36. The number of H-pyrrole nitrogens is 1. The Kier molecular flexibility index (Phi) is 3.36. The van der Waals surface area contributed by atoms with Crippen LogP contribution in [0.1, 0.15) is 12.7 Å². The molecule has 0 bridgehead atoms. The molecular formula is C12H10F2N2O2. The molecule has 1 aromatic carbocycles. The highest BCUT2D eigenvalue weighted by molar-refractivity contribution is 5.28. The second-order valence-corrected chi connectivity index (χ2v) is 3.56. The maximum absolute atomic E-state index is 13.3. The number of hydrogen-bond acceptors (Lipinski definition) is 3. The van der Waals surface area contributed by atoms with Gasteiger partial charge < -0.3 is 9.72 Å². The van der Waals surface area contributed by atoms with Gasteiger partial charge in [0.05, 0.1) is 6.07 Å². The van der Waals surface area contributed by atoms with Crippen LogP contribution >= 0.6 is 0 Å². The van der Waals surface area contributed by atoms with Gasteiger partial charge >= 0.3 is 0 Å². The predicted octanol–water partition coefficient (Wildman–Crippen LogP) is 2.40. The largest absolute Gasteiger partial charge is 0.436 e. The van der Waals surface area contributed by atoms with Crippen LogP contribution in [0.15, 0.2) is 29.1 Å². The number of benzene rings is 1. The summed E-state index contributed by atoms with van der Waals surface area (Å²) in [7, 11) is 0. The van der Waals surface area contributed by atoms with E-state index in [-0.39, 0.29) is 11.6 Å². The molecule has 0 unspecified atom stereocenters. The maximum Gasteiger partial charge on any atom is 0.254 e. The molecule has 94 valence electrons. The van der Waals surface area contributed by atoms with E-state index in [0.29, 0.717) is 12.2 Å². The Morgan fingerprint density at radius 3 is 2.83 bits per heavy atom. The first-order valence-corrected chi connectivity index (χ1v) is 5.31. The molecule has 0 saturated carbocycles. The molecule has 0 atom stereocenters. The number of aromatic nitrogens is 2. The molecule has 0 aliphatic carbocycles. The zero-order valence-electron chi connectivity index (χ0n) is 9.54. The molecule has 2 aromatic rings. The van der Waals surface area contributed by atoms with Gasteiger partial charge in [-0.3, -0.25) is 4.79 Å². The minimum Gasteiger partial charge on any atom is -0.436 e. The quantitative estimate of drug-likeness (QED) is 0.912. The summed E-state index contributed by atoms with van der Waals surface area (Å²) in [5, 5.41) is 0. The molecule has 0 aliphatic heterocycles. The Morgan fingerprint density at radius 1 is 1.33 bits per heavy atom. The van der Waals surface area contributed by atoms with Crippen molar-refractivity contribution in [3.63, 3.8) is 0 Å². The molecule has 6 heteroatoms. The minimum absolute atomic E-state index is 0.0694. The van der Waals surface area contributed by atoms with Crippen molar-refractivity contribution >= 4 is 0 Å². The van der Waals surface area contributed by atoms with E-state index >= 15 is 0 Å². The standard InChI is InChI=1S/C12H10F2N2O2/c1-2-10-15-11(17)6-12(16-10)18-9-5-7(13)3-4-8(9)14/h3-6H,2H2,1H3,(H,15,16,17). The van der Waals surface area contributed by atoms with Crippen molar-refractivity contribution in [1.82, 2.24) is 9.97 Å². The lowest BCUT2D eigenvalue weighted by Gasteiger charge is -2.06. The lowest BCUT2D eigenvalue weighted by Crippen LogP contribution is -2.10. The van der Waals surface area contributed by atoms with E-state index in [1.807, 2.05) is 0 Å². The predicted molar refractivity (Wildman–Crippen MR) is 60.7 cm³/mol. The topological polar surface area (TPSA) is 55.0 Å². The molecule has 2 rings (SSSR count). The van der Waals surface area contributed by atoms with Crippen LogP contribution in [0.5, 0.6) is 11.6 Å². The van der Waals surface area contributed by atoms with Crippen molar-refractivity contribution in [2.75, 3.05) is 0 Å². The fourth-order valence-electron chi connectivity index (χ4n) is 1.37. The minimum atomic E-state index is -0.725. The van der Waals surface area contributed by atoms with Gasteiger partial charge in [0.15, 0.2) is 11.6 Å². The highest BCUT2D eigenvalue weighted by Crippen LogP contribution is 2.23. The van der Waals surface area contributed by atoms with Crippen LogP contribution in [0, 0.1) is 11.6 Å². The third-order valence-corrected chi connectivity index (χ3v) is 2.21. The Labute approximate surface area is 101 Å². The molecule has 1 aromatic heterocycles. The number of nitrogens with one attached hydrogen (secondary N) is 1. The molecule has 18 heavy (non-hydrogen) atoms. The Hall–Kier alpha value is -2.24. The van der Waals surface area contributed by atoms with Gasteiger partial charge in [-0.1, -0.05) is 6.92 Å². The molecule has 0 saturated heterocycles. The molecule has 0 amide bonds. The zero-order valence-corrected chi connectivity index (χ0v) is 9.54. The molecule has 0 spiro atoms. The smallest absolute Gasteiger partial charge is 0.254 e. The van der Waals surface area contributed by atoms with Crippen LogP contribution < -0.4 is 10.3 Å². The number of aromatic amines is 1. The summed E-state index contributed by atoms with van der Waals surface area (Å²) in [6, 6.07) is 3.89. The second-order valence-electron chi connectivity index (χ2n) is 3.56. The Bertz CT molecular complexity index is 626. The average Bonchev–Trinajstić information content (AvgIpc) is 2.33. The fraction of sp³-hybridized carbons (Fsp3) is 0.167. The summed E-state index contributed by atoms with van der Waals surface area (Å²) < 4.78 is 31.3. The number of nitrogens with zero attached hydrogens (tertiary/aromatic N) is 1. The molecule has 0 aliphatic rings. The summed E-state index contributed by atoms with van der Waals surface area (Å²) in [6.45, 7) is 1.80. The normalized spacial score (nSPS) is 10.4. The first-order chi connectivity index (χ1) is 8.58. The lowest BCUT2D eigenvalue weighted by atomic mass is 10.3. The zero-order chi connectivity index (χ0) is 13.1. The van der Waals surface area contributed by atoms with Gasteiger partial charge in [-0.25, -0.2) is 8.78 Å². The van der Waals surface area contributed by atoms with E-state index in [2.05, 4.69) is 9.97 Å². The van der Waals surface area contributed by atoms with E-state index < -0.39 is 17.2 Å². The first-order valence-electron chi connectivity index (χ1n) is 5.31. The van der Waals surface area contributed by atoms with Gasteiger partial charge in [0.2, 0.25) is 5.88 Å². The third kappa shape index (κ3) is 2.71. The van der Waals surface area contributed by atoms with E-state index in [1.54, 1.807) is 6.92 Å². The van der Waals surface area contributed by atoms with Crippen molar-refractivity contribution in [2.24, 2.45) is 0 Å². The van der Waals surface area contributed by atoms with Gasteiger partial charge in [-0.05, 0) is 12.1 Å². The monoisotopic (exact) mass is 252 g/mol. The summed E-state index contributed by atoms with van der Waals surface area (Å²) in [5.74, 6) is -1.33.